The Labute approximate surface area is 167 Å². The lowest BCUT2D eigenvalue weighted by Crippen LogP contribution is -2.35. The van der Waals surface area contributed by atoms with Gasteiger partial charge in [-0.3, -0.25) is 14.9 Å². The van der Waals surface area contributed by atoms with Gasteiger partial charge in [0.25, 0.3) is 11.6 Å². The first-order valence-electron chi connectivity index (χ1n) is 8.64. The predicted molar refractivity (Wildman–Crippen MR) is 105 cm³/mol. The van der Waals surface area contributed by atoms with Crippen LogP contribution in [0.3, 0.4) is 0 Å². The average Bonchev–Trinajstić information content (AvgIpc) is 2.70. The molecule has 0 aliphatic carbocycles. The fourth-order valence-corrected chi connectivity index (χ4v) is 4.98. The van der Waals surface area contributed by atoms with Gasteiger partial charge in [0, 0.05) is 36.5 Å². The summed E-state index contributed by atoms with van der Waals surface area (Å²) in [6.07, 6.45) is 2.59. The summed E-state index contributed by atoms with van der Waals surface area (Å²) in [5.41, 5.74) is 0.349. The molecule has 2 aromatic carbocycles. The summed E-state index contributed by atoms with van der Waals surface area (Å²) in [5, 5.41) is 13.4. The summed E-state index contributed by atoms with van der Waals surface area (Å²) < 4.78 is 27.2. The van der Waals surface area contributed by atoms with Gasteiger partial charge in [-0.15, -0.1) is 0 Å². The number of nitrogens with zero attached hydrogens (tertiary/aromatic N) is 2. The van der Waals surface area contributed by atoms with Crippen molar-refractivity contribution >= 4 is 38.9 Å². The number of halogens is 1. The standard InChI is InChI=1S/C18H18ClN3O5S/c19-16-9-6-14(12-17(16)28(26,27)21-10-2-1-3-11-21)20-18(23)13-4-7-15(8-5-13)22(24)25/h4-9,12H,1-3,10-11H2,(H,20,23). The fraction of sp³-hybridized carbons (Fsp3) is 0.278. The number of rotatable bonds is 5. The zero-order valence-corrected chi connectivity index (χ0v) is 16.4. The Balaban J connectivity index is 1.82. The van der Waals surface area contributed by atoms with Gasteiger partial charge < -0.3 is 5.32 Å². The summed E-state index contributed by atoms with van der Waals surface area (Å²) >= 11 is 6.12. The van der Waals surface area contributed by atoms with Crippen LogP contribution in [0, 0.1) is 10.1 Å². The molecular weight excluding hydrogens is 406 g/mol. The lowest BCUT2D eigenvalue weighted by atomic mass is 10.2. The zero-order chi connectivity index (χ0) is 20.3. The predicted octanol–water partition coefficient (Wildman–Crippen LogP) is 3.68. The second-order valence-electron chi connectivity index (χ2n) is 6.37. The first-order valence-corrected chi connectivity index (χ1v) is 10.5. The maximum Gasteiger partial charge on any atom is 0.269 e. The normalized spacial score (nSPS) is 15.2. The van der Waals surface area contributed by atoms with Crippen molar-refractivity contribution in [2.45, 2.75) is 24.2 Å². The van der Waals surface area contributed by atoms with Crippen molar-refractivity contribution < 1.29 is 18.1 Å². The van der Waals surface area contributed by atoms with Crippen LogP contribution in [0.15, 0.2) is 47.4 Å². The van der Waals surface area contributed by atoms with Gasteiger partial charge in [0.15, 0.2) is 0 Å². The second-order valence-corrected chi connectivity index (χ2v) is 8.68. The number of non-ortho nitro benzene ring substituents is 1. The molecule has 148 valence electrons. The average molecular weight is 424 g/mol. The van der Waals surface area contributed by atoms with Gasteiger partial charge in [0.1, 0.15) is 4.90 Å². The molecule has 0 atom stereocenters. The van der Waals surface area contributed by atoms with E-state index in [-0.39, 0.29) is 26.9 Å². The molecule has 0 saturated carbocycles. The Bertz CT molecular complexity index is 1000. The van der Waals surface area contributed by atoms with E-state index in [2.05, 4.69) is 5.32 Å². The Morgan fingerprint density at radius 3 is 2.32 bits per heavy atom. The third-order valence-corrected chi connectivity index (χ3v) is 6.84. The van der Waals surface area contributed by atoms with E-state index in [4.69, 9.17) is 11.6 Å². The zero-order valence-electron chi connectivity index (χ0n) is 14.8. The van der Waals surface area contributed by atoms with Crippen molar-refractivity contribution in [2.75, 3.05) is 18.4 Å². The van der Waals surface area contributed by atoms with Crippen LogP contribution in [0.1, 0.15) is 29.6 Å². The van der Waals surface area contributed by atoms with Crippen LogP contribution in [-0.4, -0.2) is 36.6 Å². The van der Waals surface area contributed by atoms with Crippen LogP contribution in [0.5, 0.6) is 0 Å². The van der Waals surface area contributed by atoms with Crippen LogP contribution in [0.25, 0.3) is 0 Å². The third-order valence-electron chi connectivity index (χ3n) is 4.46. The molecule has 8 nitrogen and oxygen atoms in total. The number of hydrogen-bond donors (Lipinski definition) is 1. The van der Waals surface area contributed by atoms with Crippen molar-refractivity contribution in [2.24, 2.45) is 0 Å². The largest absolute Gasteiger partial charge is 0.322 e. The minimum atomic E-state index is -3.76. The molecular formula is C18H18ClN3O5S. The number of amides is 1. The molecule has 10 heteroatoms. The van der Waals surface area contributed by atoms with Gasteiger partial charge in [-0.05, 0) is 43.2 Å². The maximum atomic E-state index is 12.9. The molecule has 0 aromatic heterocycles. The highest BCUT2D eigenvalue weighted by atomic mass is 35.5. The van der Waals surface area contributed by atoms with E-state index in [1.165, 1.54) is 46.8 Å². The van der Waals surface area contributed by atoms with Crippen molar-refractivity contribution in [3.05, 3.63) is 63.2 Å². The lowest BCUT2D eigenvalue weighted by Gasteiger charge is -2.26. The van der Waals surface area contributed by atoms with Crippen LogP contribution in [0.2, 0.25) is 5.02 Å². The number of carbonyl (C=O) groups is 1. The van der Waals surface area contributed by atoms with E-state index in [1.807, 2.05) is 0 Å². The Morgan fingerprint density at radius 2 is 1.71 bits per heavy atom. The minimum Gasteiger partial charge on any atom is -0.322 e. The van der Waals surface area contributed by atoms with Crippen molar-refractivity contribution in [1.82, 2.24) is 4.31 Å². The SMILES string of the molecule is O=C(Nc1ccc(Cl)c(S(=O)(=O)N2CCCCC2)c1)c1ccc([N+](=O)[O-])cc1. The van der Waals surface area contributed by atoms with E-state index < -0.39 is 20.9 Å². The highest BCUT2D eigenvalue weighted by molar-refractivity contribution is 7.89. The minimum absolute atomic E-state index is 0.0578. The topological polar surface area (TPSA) is 110 Å². The number of nitro groups is 1. The quantitative estimate of drug-likeness (QED) is 0.582. The molecule has 28 heavy (non-hydrogen) atoms. The number of nitrogens with one attached hydrogen (secondary N) is 1. The number of sulfonamides is 1. The van der Waals surface area contributed by atoms with Gasteiger partial charge in [-0.2, -0.15) is 4.31 Å². The second kappa shape index (κ2) is 8.26. The number of carbonyl (C=O) groups excluding carboxylic acids is 1. The highest BCUT2D eigenvalue weighted by Crippen LogP contribution is 2.29. The molecule has 3 rings (SSSR count). The third kappa shape index (κ3) is 4.32. The number of nitro benzene ring substituents is 1. The Hall–Kier alpha value is -2.49. The van der Waals surface area contributed by atoms with Crippen molar-refractivity contribution in [3.8, 4) is 0 Å². The Kier molecular flexibility index (Phi) is 5.97. The van der Waals surface area contributed by atoms with Crippen LogP contribution in [-0.2, 0) is 10.0 Å². The van der Waals surface area contributed by atoms with Gasteiger partial charge in [-0.25, -0.2) is 8.42 Å². The molecule has 0 spiro atoms. The molecule has 1 aliphatic rings. The summed E-state index contributed by atoms with van der Waals surface area (Å²) in [4.78, 5) is 22.5. The molecule has 1 heterocycles. The summed E-state index contributed by atoms with van der Waals surface area (Å²) in [6, 6.07) is 9.36. The van der Waals surface area contributed by atoms with Gasteiger partial charge >= 0.3 is 0 Å². The lowest BCUT2D eigenvalue weighted by molar-refractivity contribution is -0.384. The monoisotopic (exact) mass is 423 g/mol. The van der Waals surface area contributed by atoms with Gasteiger partial charge in [-0.1, -0.05) is 18.0 Å². The summed E-state index contributed by atoms with van der Waals surface area (Å²) in [5.74, 6) is -0.515. The Morgan fingerprint density at radius 1 is 1.07 bits per heavy atom. The van der Waals surface area contributed by atoms with E-state index in [0.29, 0.717) is 13.1 Å². The number of hydrogen-bond acceptors (Lipinski definition) is 5. The van der Waals surface area contributed by atoms with E-state index in [9.17, 15) is 23.3 Å². The smallest absolute Gasteiger partial charge is 0.269 e. The summed E-state index contributed by atoms with van der Waals surface area (Å²) in [6.45, 7) is 0.885. The summed E-state index contributed by atoms with van der Waals surface area (Å²) in [7, 11) is -3.76. The molecule has 1 aliphatic heterocycles. The van der Waals surface area contributed by atoms with Crippen LogP contribution >= 0.6 is 11.6 Å². The van der Waals surface area contributed by atoms with E-state index in [1.54, 1.807) is 0 Å². The van der Waals surface area contributed by atoms with Crippen molar-refractivity contribution in [1.29, 1.82) is 0 Å². The first-order chi connectivity index (χ1) is 13.3. The molecule has 0 radical (unpaired) electrons. The fourth-order valence-electron chi connectivity index (χ4n) is 2.96. The number of anilines is 1. The van der Waals surface area contributed by atoms with E-state index >= 15 is 0 Å². The van der Waals surface area contributed by atoms with Gasteiger partial charge in [0.05, 0.1) is 9.95 Å². The van der Waals surface area contributed by atoms with Crippen molar-refractivity contribution in [3.63, 3.8) is 0 Å². The van der Waals surface area contributed by atoms with Crippen LogP contribution < -0.4 is 5.32 Å². The maximum absolute atomic E-state index is 12.9. The molecule has 0 unspecified atom stereocenters. The molecule has 2 aromatic rings. The molecule has 1 fully saturated rings. The molecule has 1 saturated heterocycles. The number of benzene rings is 2. The molecule has 1 amide bonds. The first kappa shape index (κ1) is 20.2. The van der Waals surface area contributed by atoms with Crippen LogP contribution in [0.4, 0.5) is 11.4 Å². The van der Waals surface area contributed by atoms with Gasteiger partial charge in [0.2, 0.25) is 10.0 Å². The highest BCUT2D eigenvalue weighted by Gasteiger charge is 2.28. The number of piperidine rings is 1. The van der Waals surface area contributed by atoms with E-state index in [0.717, 1.165) is 19.3 Å². The molecule has 1 N–H and O–H groups in total. The molecule has 0 bridgehead atoms.